The van der Waals surface area contributed by atoms with Gasteiger partial charge in [-0.15, -0.1) is 0 Å². The van der Waals surface area contributed by atoms with Gasteiger partial charge in [-0.25, -0.2) is 9.97 Å². The van der Waals surface area contributed by atoms with E-state index in [-0.39, 0.29) is 0 Å². The van der Waals surface area contributed by atoms with Gasteiger partial charge >= 0.3 is 0 Å². The number of aryl methyl sites for hydroxylation is 2. The number of rotatable bonds is 5. The van der Waals surface area contributed by atoms with E-state index in [9.17, 15) is 0 Å². The number of nitrogens with zero attached hydrogens (tertiary/aromatic N) is 3. The summed E-state index contributed by atoms with van der Waals surface area (Å²) in [5.74, 6) is 1.71. The van der Waals surface area contributed by atoms with Crippen LogP contribution in [0.4, 0.5) is 11.5 Å². The number of hydrogen-bond acceptors (Lipinski definition) is 5. The lowest BCUT2D eigenvalue weighted by Crippen LogP contribution is -2.14. The van der Waals surface area contributed by atoms with Crippen LogP contribution >= 0.6 is 0 Å². The first-order valence-corrected chi connectivity index (χ1v) is 9.59. The number of anilines is 2. The summed E-state index contributed by atoms with van der Waals surface area (Å²) in [5, 5.41) is 3.31. The number of nitrogens with two attached hydrogens (primary N) is 1. The van der Waals surface area contributed by atoms with Crippen molar-refractivity contribution in [3.63, 3.8) is 0 Å². The maximum absolute atomic E-state index is 5.93. The first kappa shape index (κ1) is 21.9. The van der Waals surface area contributed by atoms with Gasteiger partial charge in [0.05, 0.1) is 7.11 Å². The minimum atomic E-state index is 0.514. The van der Waals surface area contributed by atoms with E-state index < -0.39 is 0 Å². The van der Waals surface area contributed by atoms with Crippen molar-refractivity contribution in [2.45, 2.75) is 27.7 Å². The van der Waals surface area contributed by atoms with Crippen molar-refractivity contribution in [1.82, 2.24) is 9.97 Å². The number of amidine groups is 1. The van der Waals surface area contributed by atoms with E-state index in [4.69, 9.17) is 10.5 Å². The summed E-state index contributed by atoms with van der Waals surface area (Å²) in [4.78, 5) is 12.8. The van der Waals surface area contributed by atoms with Crippen LogP contribution in [0.1, 0.15) is 30.5 Å². The average molecular weight is 392 g/mol. The molecular weight excluding hydrogens is 362 g/mol. The SMILES string of the molecule is CC.CN=C(N)c1ccc(Nc2ncnc(-c3ccc(C)cc3)c2OC)cc1C. The monoisotopic (exact) mass is 391 g/mol. The lowest BCUT2D eigenvalue weighted by atomic mass is 10.1. The molecule has 0 saturated carbocycles. The zero-order chi connectivity index (χ0) is 21.4. The molecular formula is C23H29N5O. The summed E-state index contributed by atoms with van der Waals surface area (Å²) in [6, 6.07) is 14.0. The Balaban J connectivity index is 0.00000145. The van der Waals surface area contributed by atoms with E-state index in [0.717, 1.165) is 28.1 Å². The van der Waals surface area contributed by atoms with E-state index in [1.807, 2.05) is 63.2 Å². The van der Waals surface area contributed by atoms with E-state index in [1.165, 1.54) is 11.9 Å². The van der Waals surface area contributed by atoms with Crippen molar-refractivity contribution < 1.29 is 4.74 Å². The first-order valence-electron chi connectivity index (χ1n) is 9.59. The molecule has 0 fully saturated rings. The van der Waals surface area contributed by atoms with Crippen molar-refractivity contribution in [1.29, 1.82) is 0 Å². The standard InChI is InChI=1S/C21H23N5O.C2H6/c1-13-5-7-15(8-6-13)18-19(27-4)21(25-12-24-18)26-16-9-10-17(14(2)11-16)20(22)23-3;1-2/h5-12H,1-4H3,(H2,22,23)(H,24,25,26);1-2H3. The number of benzene rings is 2. The molecule has 0 bridgehead atoms. The van der Waals surface area contributed by atoms with Crippen LogP contribution in [0.2, 0.25) is 0 Å². The van der Waals surface area contributed by atoms with Crippen molar-refractivity contribution in [2.75, 3.05) is 19.5 Å². The largest absolute Gasteiger partial charge is 0.491 e. The molecule has 29 heavy (non-hydrogen) atoms. The Hall–Kier alpha value is -3.41. The van der Waals surface area contributed by atoms with E-state index in [1.54, 1.807) is 14.2 Å². The van der Waals surface area contributed by atoms with E-state index in [2.05, 4.69) is 27.2 Å². The fourth-order valence-electron chi connectivity index (χ4n) is 2.86. The van der Waals surface area contributed by atoms with Crippen LogP contribution in [0.5, 0.6) is 5.75 Å². The van der Waals surface area contributed by atoms with Gasteiger partial charge < -0.3 is 15.8 Å². The molecule has 1 aromatic heterocycles. The third kappa shape index (κ3) is 5.10. The molecule has 0 atom stereocenters. The highest BCUT2D eigenvalue weighted by Gasteiger charge is 2.14. The fraction of sp³-hybridized carbons (Fsp3) is 0.261. The van der Waals surface area contributed by atoms with Crippen LogP contribution in [-0.2, 0) is 0 Å². The molecule has 3 rings (SSSR count). The highest BCUT2D eigenvalue weighted by atomic mass is 16.5. The van der Waals surface area contributed by atoms with Crippen molar-refractivity contribution in [2.24, 2.45) is 10.7 Å². The van der Waals surface area contributed by atoms with Gasteiger partial charge in [-0.1, -0.05) is 43.7 Å². The average Bonchev–Trinajstić information content (AvgIpc) is 2.75. The number of hydrogen-bond donors (Lipinski definition) is 2. The second-order valence-electron chi connectivity index (χ2n) is 6.23. The van der Waals surface area contributed by atoms with Gasteiger partial charge in [-0.2, -0.15) is 0 Å². The summed E-state index contributed by atoms with van der Waals surface area (Å²) in [7, 11) is 3.30. The number of nitrogens with one attached hydrogen (secondary N) is 1. The van der Waals surface area contributed by atoms with Crippen molar-refractivity contribution in [3.05, 3.63) is 65.5 Å². The van der Waals surface area contributed by atoms with Crippen LogP contribution in [-0.4, -0.2) is 30.0 Å². The van der Waals surface area contributed by atoms with Crippen LogP contribution in [0, 0.1) is 13.8 Å². The highest BCUT2D eigenvalue weighted by molar-refractivity contribution is 5.99. The molecule has 152 valence electrons. The molecule has 2 aromatic carbocycles. The third-order valence-electron chi connectivity index (χ3n) is 4.34. The van der Waals surface area contributed by atoms with Gasteiger partial charge in [-0.05, 0) is 37.6 Å². The van der Waals surface area contributed by atoms with Crippen molar-refractivity contribution >= 4 is 17.3 Å². The molecule has 0 saturated heterocycles. The Morgan fingerprint density at radius 2 is 1.72 bits per heavy atom. The molecule has 0 amide bonds. The maximum Gasteiger partial charge on any atom is 0.187 e. The molecule has 0 spiro atoms. The lowest BCUT2D eigenvalue weighted by Gasteiger charge is -2.14. The van der Waals surface area contributed by atoms with Gasteiger partial charge in [0.15, 0.2) is 11.6 Å². The zero-order valence-electron chi connectivity index (χ0n) is 17.9. The minimum Gasteiger partial charge on any atom is -0.491 e. The second-order valence-corrected chi connectivity index (χ2v) is 6.23. The Morgan fingerprint density at radius 3 is 2.31 bits per heavy atom. The molecule has 0 unspecified atom stereocenters. The predicted octanol–water partition coefficient (Wildman–Crippen LogP) is 4.87. The highest BCUT2D eigenvalue weighted by Crippen LogP contribution is 2.34. The smallest absolute Gasteiger partial charge is 0.187 e. The fourth-order valence-corrected chi connectivity index (χ4v) is 2.86. The Morgan fingerprint density at radius 1 is 1.03 bits per heavy atom. The predicted molar refractivity (Wildman–Crippen MR) is 121 cm³/mol. The van der Waals surface area contributed by atoms with Gasteiger partial charge in [-0.3, -0.25) is 4.99 Å². The molecule has 3 aromatic rings. The van der Waals surface area contributed by atoms with Crippen LogP contribution in [0.3, 0.4) is 0 Å². The summed E-state index contributed by atoms with van der Waals surface area (Å²) in [6.07, 6.45) is 1.53. The Bertz CT molecular complexity index is 981. The zero-order valence-corrected chi connectivity index (χ0v) is 17.9. The van der Waals surface area contributed by atoms with Crippen LogP contribution in [0.25, 0.3) is 11.3 Å². The van der Waals surface area contributed by atoms with Crippen molar-refractivity contribution in [3.8, 4) is 17.0 Å². The number of aromatic nitrogens is 2. The molecule has 0 aliphatic carbocycles. The molecule has 0 aliphatic rings. The van der Waals surface area contributed by atoms with Gasteiger partial charge in [0.2, 0.25) is 0 Å². The molecule has 1 heterocycles. The summed E-state index contributed by atoms with van der Waals surface area (Å²) >= 11 is 0. The molecule has 6 nitrogen and oxygen atoms in total. The summed E-state index contributed by atoms with van der Waals surface area (Å²) < 4.78 is 5.62. The Kier molecular flexibility index (Phi) is 7.71. The van der Waals surface area contributed by atoms with Gasteiger partial charge in [0.25, 0.3) is 0 Å². The molecule has 0 radical (unpaired) electrons. The second kappa shape index (κ2) is 10.2. The summed E-state index contributed by atoms with van der Waals surface area (Å²) in [6.45, 7) is 8.05. The van der Waals surface area contributed by atoms with Gasteiger partial charge in [0.1, 0.15) is 17.9 Å². The van der Waals surface area contributed by atoms with Crippen LogP contribution in [0.15, 0.2) is 53.8 Å². The lowest BCUT2D eigenvalue weighted by molar-refractivity contribution is 0.415. The van der Waals surface area contributed by atoms with Crippen LogP contribution < -0.4 is 15.8 Å². The maximum atomic E-state index is 5.93. The molecule has 0 aliphatic heterocycles. The molecule has 6 heteroatoms. The Labute approximate surface area is 172 Å². The first-order chi connectivity index (χ1) is 14.0. The number of methoxy groups -OCH3 is 1. The van der Waals surface area contributed by atoms with Gasteiger partial charge in [0, 0.05) is 23.9 Å². The molecule has 3 N–H and O–H groups in total. The quantitative estimate of drug-likeness (QED) is 0.478. The third-order valence-corrected chi connectivity index (χ3v) is 4.34. The summed E-state index contributed by atoms with van der Waals surface area (Å²) in [5.41, 5.74) is 11.7. The normalized spacial score (nSPS) is 10.8. The van der Waals surface area contributed by atoms with E-state index in [0.29, 0.717) is 17.4 Å². The number of ether oxygens (including phenoxy) is 1. The minimum absolute atomic E-state index is 0.514. The topological polar surface area (TPSA) is 85.4 Å². The van der Waals surface area contributed by atoms with E-state index >= 15 is 0 Å². The number of aliphatic imine (C=N–C) groups is 1.